The van der Waals surface area contributed by atoms with E-state index in [-0.39, 0.29) is 5.91 Å². The third-order valence-corrected chi connectivity index (χ3v) is 4.45. The van der Waals surface area contributed by atoms with E-state index in [9.17, 15) is 4.79 Å². The summed E-state index contributed by atoms with van der Waals surface area (Å²) in [5, 5.41) is 2.97. The Morgan fingerprint density at radius 2 is 2.04 bits per heavy atom. The Kier molecular flexibility index (Phi) is 5.60. The number of aromatic nitrogens is 2. The number of hydrogen-bond acceptors (Lipinski definition) is 5. The molecule has 0 aromatic carbocycles. The van der Waals surface area contributed by atoms with Crippen LogP contribution in [0.5, 0.6) is 0 Å². The van der Waals surface area contributed by atoms with Gasteiger partial charge in [0.15, 0.2) is 0 Å². The molecule has 132 valence electrons. The minimum Gasteiger partial charge on any atom is -0.355 e. The summed E-state index contributed by atoms with van der Waals surface area (Å²) in [6.07, 6.45) is 2.93. The van der Waals surface area contributed by atoms with E-state index in [0.717, 1.165) is 49.7 Å². The fraction of sp³-hybridized carbons (Fsp3) is 0.421. The van der Waals surface area contributed by atoms with E-state index >= 15 is 0 Å². The molecule has 2 aromatic heterocycles. The van der Waals surface area contributed by atoms with Gasteiger partial charge >= 0.3 is 0 Å². The van der Waals surface area contributed by atoms with Crippen molar-refractivity contribution in [2.24, 2.45) is 0 Å². The largest absolute Gasteiger partial charge is 0.355 e. The normalized spacial score (nSPS) is 15.7. The SMILES string of the molecule is Cc1cccc(C(=O)NCc2cccnc2N2CCCN(C)CC2)n1. The average Bonchev–Trinajstić information content (AvgIpc) is 2.84. The highest BCUT2D eigenvalue weighted by atomic mass is 16.1. The van der Waals surface area contributed by atoms with E-state index in [1.807, 2.05) is 37.4 Å². The molecule has 0 radical (unpaired) electrons. The molecule has 3 rings (SSSR count). The quantitative estimate of drug-likeness (QED) is 0.921. The lowest BCUT2D eigenvalue weighted by atomic mass is 10.2. The summed E-state index contributed by atoms with van der Waals surface area (Å²) < 4.78 is 0. The molecule has 1 N–H and O–H groups in total. The number of anilines is 1. The van der Waals surface area contributed by atoms with Crippen LogP contribution in [-0.4, -0.2) is 54.0 Å². The van der Waals surface area contributed by atoms with Gasteiger partial charge in [-0.1, -0.05) is 12.1 Å². The van der Waals surface area contributed by atoms with Gasteiger partial charge in [-0.3, -0.25) is 4.79 Å². The topological polar surface area (TPSA) is 61.4 Å². The molecule has 0 unspecified atom stereocenters. The highest BCUT2D eigenvalue weighted by Crippen LogP contribution is 2.19. The van der Waals surface area contributed by atoms with Crippen molar-refractivity contribution in [2.45, 2.75) is 19.9 Å². The summed E-state index contributed by atoms with van der Waals surface area (Å²) in [5.74, 6) is 0.810. The molecule has 0 saturated carbocycles. The number of rotatable bonds is 4. The molecule has 1 saturated heterocycles. The maximum Gasteiger partial charge on any atom is 0.270 e. The van der Waals surface area contributed by atoms with E-state index in [4.69, 9.17) is 0 Å². The van der Waals surface area contributed by atoms with E-state index in [0.29, 0.717) is 12.2 Å². The van der Waals surface area contributed by atoms with Crippen LogP contribution in [0.25, 0.3) is 0 Å². The Morgan fingerprint density at radius 3 is 2.88 bits per heavy atom. The Bertz CT molecular complexity index is 733. The van der Waals surface area contributed by atoms with Crippen molar-refractivity contribution in [1.82, 2.24) is 20.2 Å². The van der Waals surface area contributed by atoms with Gasteiger partial charge in [0.25, 0.3) is 5.91 Å². The molecule has 0 bridgehead atoms. The van der Waals surface area contributed by atoms with Crippen LogP contribution in [0.4, 0.5) is 5.82 Å². The lowest BCUT2D eigenvalue weighted by Crippen LogP contribution is -2.31. The standard InChI is InChI=1S/C19H25N5O/c1-15-6-3-8-17(22-15)19(25)21-14-16-7-4-9-20-18(16)24-11-5-10-23(2)12-13-24/h3-4,6-9H,5,10-14H2,1-2H3,(H,21,25). The monoisotopic (exact) mass is 339 g/mol. The van der Waals surface area contributed by atoms with E-state index in [2.05, 4.69) is 32.1 Å². The zero-order chi connectivity index (χ0) is 17.6. The first-order valence-corrected chi connectivity index (χ1v) is 8.73. The maximum atomic E-state index is 12.3. The van der Waals surface area contributed by atoms with Crippen molar-refractivity contribution in [3.63, 3.8) is 0 Å². The van der Waals surface area contributed by atoms with Crippen LogP contribution in [-0.2, 0) is 6.54 Å². The maximum absolute atomic E-state index is 12.3. The number of pyridine rings is 2. The molecular formula is C19H25N5O. The van der Waals surface area contributed by atoms with E-state index in [1.54, 1.807) is 6.07 Å². The summed E-state index contributed by atoms with van der Waals surface area (Å²) in [5.41, 5.74) is 2.32. The first-order valence-electron chi connectivity index (χ1n) is 8.73. The number of carbonyl (C=O) groups excluding carboxylic acids is 1. The average molecular weight is 339 g/mol. The number of nitrogens with one attached hydrogen (secondary N) is 1. The molecule has 0 aliphatic carbocycles. The van der Waals surface area contributed by atoms with Crippen LogP contribution < -0.4 is 10.2 Å². The van der Waals surface area contributed by atoms with E-state index < -0.39 is 0 Å². The zero-order valence-electron chi connectivity index (χ0n) is 14.9. The summed E-state index contributed by atoms with van der Waals surface area (Å²) in [7, 11) is 2.15. The molecule has 2 aromatic rings. The van der Waals surface area contributed by atoms with Crippen LogP contribution in [0.3, 0.4) is 0 Å². The summed E-state index contributed by atoms with van der Waals surface area (Å²) >= 11 is 0. The van der Waals surface area contributed by atoms with Crippen LogP contribution in [0.1, 0.15) is 28.2 Å². The minimum absolute atomic E-state index is 0.158. The second-order valence-electron chi connectivity index (χ2n) is 6.48. The molecule has 1 fully saturated rings. The van der Waals surface area contributed by atoms with Gasteiger partial charge < -0.3 is 15.1 Å². The molecule has 0 spiro atoms. The summed E-state index contributed by atoms with van der Waals surface area (Å²) in [6, 6.07) is 9.41. The lowest BCUT2D eigenvalue weighted by Gasteiger charge is -2.24. The molecule has 3 heterocycles. The highest BCUT2D eigenvalue weighted by molar-refractivity contribution is 5.92. The first kappa shape index (κ1) is 17.4. The molecule has 1 aliphatic rings. The fourth-order valence-electron chi connectivity index (χ4n) is 3.05. The minimum atomic E-state index is -0.158. The number of amides is 1. The van der Waals surface area contributed by atoms with Crippen molar-refractivity contribution < 1.29 is 4.79 Å². The van der Waals surface area contributed by atoms with Gasteiger partial charge in [-0.25, -0.2) is 9.97 Å². The van der Waals surface area contributed by atoms with Gasteiger partial charge in [-0.2, -0.15) is 0 Å². The molecule has 0 atom stereocenters. The predicted molar refractivity (Wildman–Crippen MR) is 98.7 cm³/mol. The van der Waals surface area contributed by atoms with Gasteiger partial charge in [0, 0.05) is 43.6 Å². The molecule has 1 amide bonds. The zero-order valence-corrected chi connectivity index (χ0v) is 14.9. The highest BCUT2D eigenvalue weighted by Gasteiger charge is 2.17. The molecule has 6 heteroatoms. The molecule has 25 heavy (non-hydrogen) atoms. The van der Waals surface area contributed by atoms with Crippen molar-refractivity contribution in [3.8, 4) is 0 Å². The Labute approximate surface area is 148 Å². The molecular weight excluding hydrogens is 314 g/mol. The van der Waals surface area contributed by atoms with Crippen LogP contribution in [0.2, 0.25) is 0 Å². The van der Waals surface area contributed by atoms with Crippen molar-refractivity contribution in [2.75, 3.05) is 38.1 Å². The van der Waals surface area contributed by atoms with Crippen molar-refractivity contribution in [1.29, 1.82) is 0 Å². The third-order valence-electron chi connectivity index (χ3n) is 4.45. The van der Waals surface area contributed by atoms with Gasteiger partial charge in [-0.15, -0.1) is 0 Å². The van der Waals surface area contributed by atoms with Gasteiger partial charge in [0.1, 0.15) is 11.5 Å². The van der Waals surface area contributed by atoms with Crippen molar-refractivity contribution in [3.05, 3.63) is 53.5 Å². The number of hydrogen-bond donors (Lipinski definition) is 1. The summed E-state index contributed by atoms with van der Waals surface area (Å²) in [6.45, 7) is 6.40. The second kappa shape index (κ2) is 8.07. The van der Waals surface area contributed by atoms with E-state index in [1.165, 1.54) is 0 Å². The van der Waals surface area contributed by atoms with Gasteiger partial charge in [0.05, 0.1) is 0 Å². The van der Waals surface area contributed by atoms with Crippen LogP contribution >= 0.6 is 0 Å². The smallest absolute Gasteiger partial charge is 0.270 e. The Morgan fingerprint density at radius 1 is 1.16 bits per heavy atom. The predicted octanol–water partition coefficient (Wildman–Crippen LogP) is 1.86. The number of nitrogens with zero attached hydrogens (tertiary/aromatic N) is 4. The fourth-order valence-corrected chi connectivity index (χ4v) is 3.05. The Hall–Kier alpha value is -2.47. The molecule has 1 aliphatic heterocycles. The Balaban J connectivity index is 1.69. The van der Waals surface area contributed by atoms with Gasteiger partial charge in [-0.05, 0) is 45.1 Å². The number of carbonyl (C=O) groups is 1. The van der Waals surface area contributed by atoms with Gasteiger partial charge in [0.2, 0.25) is 0 Å². The lowest BCUT2D eigenvalue weighted by molar-refractivity contribution is 0.0945. The number of aryl methyl sites for hydroxylation is 1. The molecule has 6 nitrogen and oxygen atoms in total. The van der Waals surface area contributed by atoms with Crippen LogP contribution in [0, 0.1) is 6.92 Å². The third kappa shape index (κ3) is 4.54. The van der Waals surface area contributed by atoms with Crippen molar-refractivity contribution >= 4 is 11.7 Å². The second-order valence-corrected chi connectivity index (χ2v) is 6.48. The first-order chi connectivity index (χ1) is 12.1. The number of likely N-dealkylation sites (N-methyl/N-ethyl adjacent to an activating group) is 1. The summed E-state index contributed by atoms with van der Waals surface area (Å²) in [4.78, 5) is 25.8. The van der Waals surface area contributed by atoms with Crippen LogP contribution in [0.15, 0.2) is 36.5 Å².